The molecule has 0 amide bonds. The number of rotatable bonds is 0. The van der Waals surface area contributed by atoms with Crippen LogP contribution in [-0.2, 0) is 9.47 Å². The molecule has 4 nitrogen and oxygen atoms in total. The predicted octanol–water partition coefficient (Wildman–Crippen LogP) is 0.187. The minimum atomic E-state index is -0.0431. The van der Waals surface area contributed by atoms with Crippen molar-refractivity contribution in [3.05, 3.63) is 0 Å². The van der Waals surface area contributed by atoms with Gasteiger partial charge < -0.3 is 9.47 Å². The van der Waals surface area contributed by atoms with Crippen molar-refractivity contribution in [3.8, 4) is 0 Å². The maximum absolute atomic E-state index is 6.16. The van der Waals surface area contributed by atoms with Crippen LogP contribution in [0.25, 0.3) is 0 Å². The van der Waals surface area contributed by atoms with Crippen LogP contribution >= 0.6 is 0 Å². The van der Waals surface area contributed by atoms with Gasteiger partial charge in [0.2, 0.25) is 0 Å². The zero-order chi connectivity index (χ0) is 10.6. The third-order valence-corrected chi connectivity index (χ3v) is 4.88. The van der Waals surface area contributed by atoms with E-state index >= 15 is 0 Å². The van der Waals surface area contributed by atoms with Crippen LogP contribution in [0, 0.1) is 5.92 Å². The molecule has 5 aliphatic heterocycles. The predicted molar refractivity (Wildman–Crippen MR) is 59.1 cm³/mol. The van der Waals surface area contributed by atoms with Crippen molar-refractivity contribution in [1.29, 1.82) is 0 Å². The maximum Gasteiger partial charge on any atom is 0.135 e. The summed E-state index contributed by atoms with van der Waals surface area (Å²) in [6, 6.07) is 0. The normalized spacial score (nSPS) is 49.5. The van der Waals surface area contributed by atoms with E-state index in [1.165, 1.54) is 25.9 Å². The Balaban J connectivity index is 1.61. The molecule has 5 aliphatic rings. The molecule has 4 heteroatoms. The molecule has 1 N–H and O–H groups in total. The number of hydrogen-bond acceptors (Lipinski definition) is 4. The van der Waals surface area contributed by atoms with Gasteiger partial charge in [0.05, 0.1) is 25.4 Å². The summed E-state index contributed by atoms with van der Waals surface area (Å²) in [5.41, 5.74) is 0.204. The number of fused-ring (bicyclic) bond motifs is 2. The monoisotopic (exact) mass is 224 g/mol. The molecule has 1 atom stereocenters. The third-order valence-electron chi connectivity index (χ3n) is 4.88. The Hall–Kier alpha value is -0.160. The van der Waals surface area contributed by atoms with Crippen LogP contribution in [0.15, 0.2) is 0 Å². The van der Waals surface area contributed by atoms with E-state index in [1.807, 2.05) is 0 Å². The molecule has 0 aliphatic carbocycles. The first-order valence-electron chi connectivity index (χ1n) is 6.54. The fourth-order valence-electron chi connectivity index (χ4n) is 3.86. The van der Waals surface area contributed by atoms with Crippen molar-refractivity contribution in [3.63, 3.8) is 0 Å². The van der Waals surface area contributed by atoms with E-state index < -0.39 is 0 Å². The maximum atomic E-state index is 6.16. The molecule has 5 fully saturated rings. The number of piperidine rings is 3. The minimum absolute atomic E-state index is 0.0431. The number of nitrogens with one attached hydrogen (secondary N) is 1. The summed E-state index contributed by atoms with van der Waals surface area (Å²) < 4.78 is 11.6. The van der Waals surface area contributed by atoms with Crippen LogP contribution in [0.3, 0.4) is 0 Å². The van der Waals surface area contributed by atoms with Crippen molar-refractivity contribution in [2.75, 3.05) is 39.5 Å². The van der Waals surface area contributed by atoms with E-state index in [1.54, 1.807) is 0 Å². The molecule has 5 heterocycles. The summed E-state index contributed by atoms with van der Waals surface area (Å²) in [7, 11) is 0. The number of ether oxygens (including phenoxy) is 2. The molecular formula is C12H20N2O2. The van der Waals surface area contributed by atoms with Crippen LogP contribution in [0.4, 0.5) is 0 Å². The Morgan fingerprint density at radius 2 is 2.00 bits per heavy atom. The van der Waals surface area contributed by atoms with Crippen molar-refractivity contribution in [2.24, 2.45) is 5.92 Å². The van der Waals surface area contributed by atoms with E-state index in [2.05, 4.69) is 10.2 Å². The van der Waals surface area contributed by atoms with Gasteiger partial charge in [-0.1, -0.05) is 0 Å². The molecule has 0 aromatic carbocycles. The average molecular weight is 224 g/mol. The second kappa shape index (κ2) is 3.19. The van der Waals surface area contributed by atoms with Gasteiger partial charge in [0, 0.05) is 12.5 Å². The first-order chi connectivity index (χ1) is 7.80. The SMILES string of the molecule is C1CC2(COC2)NC2(CN3CCC2CC3)O1. The molecule has 2 bridgehead atoms. The molecule has 90 valence electrons. The lowest BCUT2D eigenvalue weighted by atomic mass is 9.77. The molecule has 1 unspecified atom stereocenters. The van der Waals surface area contributed by atoms with Gasteiger partial charge >= 0.3 is 0 Å². The number of nitrogens with zero attached hydrogens (tertiary/aromatic N) is 1. The topological polar surface area (TPSA) is 33.7 Å². The Kier molecular flexibility index (Phi) is 1.96. The van der Waals surface area contributed by atoms with Crippen LogP contribution in [0.5, 0.6) is 0 Å². The zero-order valence-corrected chi connectivity index (χ0v) is 9.71. The Morgan fingerprint density at radius 3 is 2.56 bits per heavy atom. The Morgan fingerprint density at radius 1 is 1.19 bits per heavy atom. The van der Waals surface area contributed by atoms with E-state index in [4.69, 9.17) is 9.47 Å². The van der Waals surface area contributed by atoms with Crippen molar-refractivity contribution >= 4 is 0 Å². The van der Waals surface area contributed by atoms with Crippen LogP contribution in [0.1, 0.15) is 19.3 Å². The first kappa shape index (κ1) is 9.83. The van der Waals surface area contributed by atoms with Gasteiger partial charge in [-0.2, -0.15) is 0 Å². The highest BCUT2D eigenvalue weighted by atomic mass is 16.5. The second-order valence-electron chi connectivity index (χ2n) is 5.94. The highest BCUT2D eigenvalue weighted by molar-refractivity contribution is 5.08. The third kappa shape index (κ3) is 1.24. The zero-order valence-electron chi connectivity index (χ0n) is 9.71. The van der Waals surface area contributed by atoms with Gasteiger partial charge in [-0.05, 0) is 32.4 Å². The standard InChI is InChI=1S/C12H20N2O2/c1-4-14-5-2-10(1)12(7-14)13-11(3-6-16-12)8-15-9-11/h10,13H,1-9H2. The van der Waals surface area contributed by atoms with Crippen molar-refractivity contribution < 1.29 is 9.47 Å². The lowest BCUT2D eigenvalue weighted by Crippen LogP contribution is -2.78. The molecule has 0 aromatic heterocycles. The van der Waals surface area contributed by atoms with Crippen LogP contribution < -0.4 is 5.32 Å². The summed E-state index contributed by atoms with van der Waals surface area (Å²) >= 11 is 0. The van der Waals surface area contributed by atoms with Gasteiger partial charge in [-0.3, -0.25) is 10.2 Å². The molecule has 0 aromatic rings. The van der Waals surface area contributed by atoms with E-state index in [9.17, 15) is 0 Å². The Labute approximate surface area is 96.3 Å². The second-order valence-corrected chi connectivity index (χ2v) is 5.94. The molecule has 5 rings (SSSR count). The summed E-state index contributed by atoms with van der Waals surface area (Å²) in [5, 5.41) is 3.82. The molecule has 0 radical (unpaired) electrons. The molecule has 16 heavy (non-hydrogen) atoms. The molecule has 0 saturated carbocycles. The fraction of sp³-hybridized carbons (Fsp3) is 1.00. The van der Waals surface area contributed by atoms with Gasteiger partial charge in [0.1, 0.15) is 5.72 Å². The van der Waals surface area contributed by atoms with Crippen molar-refractivity contribution in [2.45, 2.75) is 30.5 Å². The van der Waals surface area contributed by atoms with Crippen LogP contribution in [0.2, 0.25) is 0 Å². The summed E-state index contributed by atoms with van der Waals surface area (Å²) in [5.74, 6) is 0.718. The lowest BCUT2D eigenvalue weighted by molar-refractivity contribution is -0.244. The van der Waals surface area contributed by atoms with Gasteiger partial charge in [0.15, 0.2) is 0 Å². The van der Waals surface area contributed by atoms with Crippen molar-refractivity contribution in [1.82, 2.24) is 10.2 Å². The highest BCUT2D eigenvalue weighted by Gasteiger charge is 2.55. The van der Waals surface area contributed by atoms with Gasteiger partial charge in [0.25, 0.3) is 0 Å². The Bertz CT molecular complexity index is 297. The summed E-state index contributed by atoms with van der Waals surface area (Å²) in [6.07, 6.45) is 3.70. The number of hydrogen-bond donors (Lipinski definition) is 1. The van der Waals surface area contributed by atoms with Gasteiger partial charge in [-0.15, -0.1) is 0 Å². The van der Waals surface area contributed by atoms with Crippen LogP contribution in [-0.4, -0.2) is 55.6 Å². The molecule has 5 saturated heterocycles. The van der Waals surface area contributed by atoms with Gasteiger partial charge in [-0.25, -0.2) is 0 Å². The largest absolute Gasteiger partial charge is 0.377 e. The molecule has 2 spiro atoms. The van der Waals surface area contributed by atoms with E-state index in [-0.39, 0.29) is 11.3 Å². The first-order valence-corrected chi connectivity index (χ1v) is 6.54. The average Bonchev–Trinajstić information content (AvgIpc) is 2.28. The highest BCUT2D eigenvalue weighted by Crippen LogP contribution is 2.41. The lowest BCUT2D eigenvalue weighted by Gasteiger charge is -2.60. The molecular weight excluding hydrogens is 204 g/mol. The summed E-state index contributed by atoms with van der Waals surface area (Å²) in [6.45, 7) is 6.28. The quantitative estimate of drug-likeness (QED) is 0.637. The van der Waals surface area contributed by atoms with E-state index in [0.717, 1.165) is 38.7 Å². The minimum Gasteiger partial charge on any atom is -0.377 e. The fourth-order valence-corrected chi connectivity index (χ4v) is 3.86. The smallest absolute Gasteiger partial charge is 0.135 e. The summed E-state index contributed by atoms with van der Waals surface area (Å²) in [4.78, 5) is 2.55. The van der Waals surface area contributed by atoms with E-state index in [0.29, 0.717) is 0 Å².